The molecule has 1 N–H and O–H groups in total. The van der Waals surface area contributed by atoms with E-state index in [1.165, 1.54) is 0 Å². The number of carbonyl (C=O) groups is 3. The van der Waals surface area contributed by atoms with Crippen LogP contribution in [0.1, 0.15) is 49.8 Å². The van der Waals surface area contributed by atoms with Crippen molar-refractivity contribution in [2.24, 2.45) is 7.05 Å². The molecular formula is C27H23N3O4S. The van der Waals surface area contributed by atoms with Crippen molar-refractivity contribution >= 4 is 51.7 Å². The van der Waals surface area contributed by atoms with E-state index in [4.69, 9.17) is 9.72 Å². The minimum absolute atomic E-state index is 0.337. The van der Waals surface area contributed by atoms with Gasteiger partial charge in [0.05, 0.1) is 16.8 Å². The molecule has 0 radical (unpaired) electrons. The van der Waals surface area contributed by atoms with Gasteiger partial charge in [0.15, 0.2) is 6.61 Å². The zero-order valence-electron chi connectivity index (χ0n) is 19.1. The second-order valence-electron chi connectivity index (χ2n) is 8.33. The van der Waals surface area contributed by atoms with Gasteiger partial charge in [-0.1, -0.05) is 24.3 Å². The third-order valence-electron chi connectivity index (χ3n) is 6.00. The van der Waals surface area contributed by atoms with Crippen molar-refractivity contribution in [1.29, 1.82) is 0 Å². The maximum absolute atomic E-state index is 13.3. The molecule has 3 heterocycles. The lowest BCUT2D eigenvalue weighted by atomic mass is 9.86. The number of hydrogen-bond acceptors (Lipinski definition) is 6. The Morgan fingerprint density at radius 3 is 2.74 bits per heavy atom. The highest BCUT2D eigenvalue weighted by Gasteiger charge is 2.26. The van der Waals surface area contributed by atoms with E-state index < -0.39 is 24.4 Å². The molecule has 2 amide bonds. The monoisotopic (exact) mass is 485 g/mol. The van der Waals surface area contributed by atoms with E-state index in [0.717, 1.165) is 34.5 Å². The van der Waals surface area contributed by atoms with Crippen molar-refractivity contribution in [2.45, 2.75) is 19.3 Å². The lowest BCUT2D eigenvalue weighted by Crippen LogP contribution is -2.35. The number of pyridine rings is 1. The maximum Gasteiger partial charge on any atom is 0.339 e. The van der Waals surface area contributed by atoms with Crippen molar-refractivity contribution in [3.63, 3.8) is 0 Å². The normalized spacial score (nSPS) is 14.0. The van der Waals surface area contributed by atoms with Gasteiger partial charge in [0.2, 0.25) is 0 Å². The number of fused-ring (bicyclic) bond motifs is 2. The number of para-hydroxylation sites is 1. The largest absolute Gasteiger partial charge is 0.452 e. The van der Waals surface area contributed by atoms with Gasteiger partial charge in [-0.05, 0) is 66.1 Å². The van der Waals surface area contributed by atoms with Crippen LogP contribution in [0.2, 0.25) is 0 Å². The molecule has 0 unspecified atom stereocenters. The number of nitrogens with one attached hydrogen (secondary N) is 1. The highest BCUT2D eigenvalue weighted by atomic mass is 32.1. The fourth-order valence-corrected chi connectivity index (χ4v) is 5.06. The molecule has 176 valence electrons. The molecule has 1 aliphatic carbocycles. The van der Waals surface area contributed by atoms with Crippen LogP contribution in [0.15, 0.2) is 60.1 Å². The van der Waals surface area contributed by atoms with Crippen molar-refractivity contribution < 1.29 is 19.1 Å². The number of aromatic nitrogens is 2. The Balaban J connectivity index is 1.42. The van der Waals surface area contributed by atoms with Crippen LogP contribution in [0.3, 0.4) is 0 Å². The minimum atomic E-state index is -0.685. The van der Waals surface area contributed by atoms with Gasteiger partial charge in [-0.3, -0.25) is 14.9 Å². The molecule has 1 aliphatic rings. The SMILES string of the molecule is Cn1cccc1C(=O)NC(=O)COC(=O)c1c2c(nc3ccccc13)/C(=C/c1cccs1)CCC2. The van der Waals surface area contributed by atoms with Crippen LogP contribution in [0.25, 0.3) is 22.6 Å². The number of amides is 2. The molecule has 0 fully saturated rings. The molecule has 35 heavy (non-hydrogen) atoms. The first kappa shape index (κ1) is 22.7. The molecule has 7 nitrogen and oxygen atoms in total. The van der Waals surface area contributed by atoms with Crippen molar-refractivity contribution in [3.8, 4) is 0 Å². The molecular weight excluding hydrogens is 462 g/mol. The fraction of sp³-hybridized carbons (Fsp3) is 0.185. The standard InChI is InChI=1S/C27H23N3O4S/c1-30-13-5-12-22(30)26(32)29-23(31)16-34-27(33)24-19-9-2-3-11-21(19)28-25-17(7-4-10-20(24)25)15-18-8-6-14-35-18/h2-3,5-6,8-9,11-15H,4,7,10,16H2,1H3,(H,29,31,32)/b17-15+. The topological polar surface area (TPSA) is 90.3 Å². The summed E-state index contributed by atoms with van der Waals surface area (Å²) < 4.78 is 7.00. The lowest BCUT2D eigenvalue weighted by molar-refractivity contribution is -0.123. The molecule has 0 bridgehead atoms. The Kier molecular flexibility index (Phi) is 6.29. The summed E-state index contributed by atoms with van der Waals surface area (Å²) in [6.07, 6.45) is 6.28. The van der Waals surface area contributed by atoms with E-state index in [9.17, 15) is 14.4 Å². The van der Waals surface area contributed by atoms with E-state index in [1.807, 2.05) is 35.7 Å². The van der Waals surface area contributed by atoms with Gasteiger partial charge in [0.1, 0.15) is 5.69 Å². The van der Waals surface area contributed by atoms with Gasteiger partial charge in [0, 0.05) is 23.5 Å². The Morgan fingerprint density at radius 1 is 1.11 bits per heavy atom. The third-order valence-corrected chi connectivity index (χ3v) is 6.82. The summed E-state index contributed by atoms with van der Waals surface area (Å²) in [6.45, 7) is -0.557. The zero-order chi connectivity index (χ0) is 24.4. The van der Waals surface area contributed by atoms with Gasteiger partial charge >= 0.3 is 5.97 Å². The molecule has 3 aromatic heterocycles. The molecule has 4 aromatic rings. The number of nitrogens with zero attached hydrogens (tertiary/aromatic N) is 2. The first-order valence-corrected chi connectivity index (χ1v) is 12.2. The number of thiophene rings is 1. The number of hydrogen-bond donors (Lipinski definition) is 1. The summed E-state index contributed by atoms with van der Waals surface area (Å²) in [5.41, 5.74) is 4.19. The second kappa shape index (κ2) is 9.68. The smallest absolute Gasteiger partial charge is 0.339 e. The molecule has 0 saturated carbocycles. The van der Waals surface area contributed by atoms with Crippen LogP contribution in [-0.4, -0.2) is 33.9 Å². The van der Waals surface area contributed by atoms with Crippen LogP contribution in [0.5, 0.6) is 0 Å². The summed E-state index contributed by atoms with van der Waals surface area (Å²) in [7, 11) is 1.71. The van der Waals surface area contributed by atoms with Crippen LogP contribution < -0.4 is 5.32 Å². The van der Waals surface area contributed by atoms with Gasteiger partial charge < -0.3 is 9.30 Å². The van der Waals surface area contributed by atoms with E-state index in [0.29, 0.717) is 28.6 Å². The Hall–Kier alpha value is -4.04. The zero-order valence-corrected chi connectivity index (χ0v) is 19.9. The van der Waals surface area contributed by atoms with Crippen LogP contribution in [0.4, 0.5) is 0 Å². The average molecular weight is 486 g/mol. The molecule has 0 atom stereocenters. The Bertz CT molecular complexity index is 1470. The number of carbonyl (C=O) groups excluding carboxylic acids is 3. The van der Waals surface area contributed by atoms with E-state index in [-0.39, 0.29) is 0 Å². The van der Waals surface area contributed by atoms with Crippen LogP contribution in [-0.2, 0) is 23.0 Å². The summed E-state index contributed by atoms with van der Waals surface area (Å²) >= 11 is 1.65. The van der Waals surface area contributed by atoms with Crippen molar-refractivity contribution in [1.82, 2.24) is 14.9 Å². The number of esters is 1. The van der Waals surface area contributed by atoms with Gasteiger partial charge in [0.25, 0.3) is 11.8 Å². The molecule has 8 heteroatoms. The van der Waals surface area contributed by atoms with Gasteiger partial charge in [-0.25, -0.2) is 9.78 Å². The van der Waals surface area contributed by atoms with Gasteiger partial charge in [-0.2, -0.15) is 0 Å². The van der Waals surface area contributed by atoms with Crippen LogP contribution >= 0.6 is 11.3 Å². The van der Waals surface area contributed by atoms with E-state index in [1.54, 1.807) is 41.3 Å². The van der Waals surface area contributed by atoms with E-state index in [2.05, 4.69) is 17.5 Å². The first-order chi connectivity index (χ1) is 17.0. The average Bonchev–Trinajstić information content (AvgIpc) is 3.53. The lowest BCUT2D eigenvalue weighted by Gasteiger charge is -2.22. The number of aryl methyl sites for hydroxylation is 1. The molecule has 5 rings (SSSR count). The molecule has 0 saturated heterocycles. The van der Waals surface area contributed by atoms with Crippen molar-refractivity contribution in [2.75, 3.05) is 6.61 Å². The summed E-state index contributed by atoms with van der Waals surface area (Å²) in [6, 6.07) is 14.8. The minimum Gasteiger partial charge on any atom is -0.452 e. The molecule has 0 spiro atoms. The molecule has 1 aromatic carbocycles. The first-order valence-electron chi connectivity index (χ1n) is 11.3. The van der Waals surface area contributed by atoms with Gasteiger partial charge in [-0.15, -0.1) is 11.3 Å². The number of ether oxygens (including phenoxy) is 1. The maximum atomic E-state index is 13.3. The number of benzene rings is 1. The number of rotatable bonds is 5. The highest BCUT2D eigenvalue weighted by molar-refractivity contribution is 7.10. The van der Waals surface area contributed by atoms with Crippen molar-refractivity contribution in [3.05, 3.63) is 87.5 Å². The number of imide groups is 1. The number of allylic oxidation sites excluding steroid dienone is 1. The third kappa shape index (κ3) is 4.65. The van der Waals surface area contributed by atoms with Crippen LogP contribution in [0, 0.1) is 0 Å². The highest BCUT2D eigenvalue weighted by Crippen LogP contribution is 2.36. The summed E-state index contributed by atoms with van der Waals surface area (Å²) in [5, 5.41) is 4.98. The predicted molar refractivity (Wildman–Crippen MR) is 135 cm³/mol. The summed E-state index contributed by atoms with van der Waals surface area (Å²) in [5.74, 6) is -1.83. The van der Waals surface area contributed by atoms with E-state index >= 15 is 0 Å². The second-order valence-corrected chi connectivity index (χ2v) is 9.31. The Morgan fingerprint density at radius 2 is 1.97 bits per heavy atom. The quantitative estimate of drug-likeness (QED) is 0.417. The summed E-state index contributed by atoms with van der Waals surface area (Å²) in [4.78, 5) is 43.9. The Labute approximate surface area is 206 Å². The fourth-order valence-electron chi connectivity index (χ4n) is 4.38. The predicted octanol–water partition coefficient (Wildman–Crippen LogP) is 4.63. The molecule has 0 aliphatic heterocycles.